The molecule has 0 radical (unpaired) electrons. The van der Waals surface area contributed by atoms with Crippen molar-refractivity contribution in [2.75, 3.05) is 28.2 Å². The summed E-state index contributed by atoms with van der Waals surface area (Å²) in [6.07, 6.45) is 2.66. The number of para-hydroxylation sites is 2. The van der Waals surface area contributed by atoms with Crippen LogP contribution >= 0.6 is 0 Å². The molecule has 1 aliphatic rings. The Hall–Kier alpha value is -5.45. The van der Waals surface area contributed by atoms with Gasteiger partial charge in [-0.3, -0.25) is 19.2 Å². The Balaban J connectivity index is 1.51. The highest BCUT2D eigenvalue weighted by molar-refractivity contribution is 6.24. The molecule has 2 aromatic carbocycles. The van der Waals surface area contributed by atoms with Crippen LogP contribution in [0.3, 0.4) is 0 Å². The maximum absolute atomic E-state index is 13.9. The summed E-state index contributed by atoms with van der Waals surface area (Å²) in [7, 11) is 0. The van der Waals surface area contributed by atoms with Gasteiger partial charge < -0.3 is 29.3 Å². The molecule has 3 heterocycles. The fourth-order valence-electron chi connectivity index (χ4n) is 4.36. The van der Waals surface area contributed by atoms with Crippen molar-refractivity contribution in [2.24, 2.45) is 0 Å². The molecule has 5 rings (SSSR count). The second-order valence-electron chi connectivity index (χ2n) is 9.04. The lowest BCUT2D eigenvalue weighted by atomic mass is 10.2. The molecule has 2 aromatic heterocycles. The molecule has 1 aliphatic heterocycles. The molecule has 0 unspecified atom stereocenters. The zero-order chi connectivity index (χ0) is 28.2. The summed E-state index contributed by atoms with van der Waals surface area (Å²) >= 11 is 0. The van der Waals surface area contributed by atoms with Crippen molar-refractivity contribution in [3.05, 3.63) is 102 Å². The highest BCUT2D eigenvalue weighted by atomic mass is 16.3. The first-order valence-electron chi connectivity index (χ1n) is 12.3. The van der Waals surface area contributed by atoms with E-state index in [1.54, 1.807) is 42.5 Å². The van der Waals surface area contributed by atoms with Gasteiger partial charge in [0.25, 0.3) is 11.8 Å². The summed E-state index contributed by atoms with van der Waals surface area (Å²) < 4.78 is 10.4. The van der Waals surface area contributed by atoms with Gasteiger partial charge in [0.15, 0.2) is 17.6 Å². The van der Waals surface area contributed by atoms with Gasteiger partial charge in [0, 0.05) is 5.69 Å². The predicted octanol–water partition coefficient (Wildman–Crippen LogP) is 3.82. The third-order valence-corrected chi connectivity index (χ3v) is 6.24. The molecule has 11 heteroatoms. The standard InChI is InChI=1S/C29H24N4O7/c1-18-7-4-8-19(15-18)30-29(38)31-26-27(36)32(16-22(34)24-11-5-13-39-24)20-9-2-3-10-21(20)33(28(26)37)17-23(35)25-12-6-14-40-25/h2-15,26H,16-17H2,1H3,(H2,30,31,38). The van der Waals surface area contributed by atoms with Gasteiger partial charge in [-0.05, 0) is 61.0 Å². The zero-order valence-electron chi connectivity index (χ0n) is 21.3. The highest BCUT2D eigenvalue weighted by Gasteiger charge is 2.42. The molecule has 11 nitrogen and oxygen atoms in total. The minimum absolute atomic E-state index is 0.0207. The third kappa shape index (κ3) is 5.39. The summed E-state index contributed by atoms with van der Waals surface area (Å²) in [5, 5.41) is 5.05. The summed E-state index contributed by atoms with van der Waals surface area (Å²) in [6.45, 7) is 0.892. The van der Waals surface area contributed by atoms with E-state index in [9.17, 15) is 24.0 Å². The third-order valence-electron chi connectivity index (χ3n) is 6.24. The monoisotopic (exact) mass is 540 g/mol. The molecular weight excluding hydrogens is 516 g/mol. The van der Waals surface area contributed by atoms with E-state index in [0.29, 0.717) is 5.69 Å². The highest BCUT2D eigenvalue weighted by Crippen LogP contribution is 2.34. The van der Waals surface area contributed by atoms with Gasteiger partial charge in [0.05, 0.1) is 37.0 Å². The van der Waals surface area contributed by atoms with Crippen LogP contribution in [0.2, 0.25) is 0 Å². The number of furan rings is 2. The maximum Gasteiger partial charge on any atom is 0.320 e. The molecule has 0 spiro atoms. The predicted molar refractivity (Wildman–Crippen MR) is 144 cm³/mol. The fourth-order valence-corrected chi connectivity index (χ4v) is 4.36. The quantitative estimate of drug-likeness (QED) is 0.256. The Kier molecular flexibility index (Phi) is 7.27. The lowest BCUT2D eigenvalue weighted by Crippen LogP contribution is -2.57. The van der Waals surface area contributed by atoms with Crippen LogP contribution in [0.25, 0.3) is 0 Å². The van der Waals surface area contributed by atoms with Crippen LogP contribution in [0, 0.1) is 6.92 Å². The van der Waals surface area contributed by atoms with E-state index in [2.05, 4.69) is 10.6 Å². The Labute approximate surface area is 228 Å². The Morgan fingerprint density at radius 1 is 0.750 bits per heavy atom. The van der Waals surface area contributed by atoms with Gasteiger partial charge in [-0.15, -0.1) is 0 Å². The topological polar surface area (TPSA) is 142 Å². The lowest BCUT2D eigenvalue weighted by Gasteiger charge is -2.24. The first-order chi connectivity index (χ1) is 19.3. The van der Waals surface area contributed by atoms with E-state index in [1.807, 2.05) is 13.0 Å². The molecular formula is C29H24N4O7. The van der Waals surface area contributed by atoms with Crippen molar-refractivity contribution in [1.82, 2.24) is 5.32 Å². The van der Waals surface area contributed by atoms with Gasteiger partial charge in [-0.2, -0.15) is 0 Å². The SMILES string of the molecule is Cc1cccc(NC(=O)NC2C(=O)N(CC(=O)c3ccco3)c3ccccc3N(CC(=O)c3ccco3)C2=O)c1. The van der Waals surface area contributed by atoms with Crippen LogP contribution in [-0.4, -0.2) is 48.5 Å². The van der Waals surface area contributed by atoms with Crippen LogP contribution in [0.5, 0.6) is 0 Å². The van der Waals surface area contributed by atoms with Gasteiger partial charge in [0.1, 0.15) is 0 Å². The van der Waals surface area contributed by atoms with Gasteiger partial charge in [-0.25, -0.2) is 4.79 Å². The number of ketones is 2. The van der Waals surface area contributed by atoms with Gasteiger partial charge in [0.2, 0.25) is 11.6 Å². The Morgan fingerprint density at radius 2 is 1.30 bits per heavy atom. The normalized spacial score (nSPS) is 13.5. The second kappa shape index (κ2) is 11.1. The number of nitrogens with zero attached hydrogens (tertiary/aromatic N) is 2. The number of fused-ring (bicyclic) bond motifs is 1. The number of hydrogen-bond acceptors (Lipinski definition) is 7. The molecule has 0 aliphatic carbocycles. The maximum atomic E-state index is 13.9. The molecule has 0 saturated carbocycles. The summed E-state index contributed by atoms with van der Waals surface area (Å²) in [5.41, 5.74) is 1.75. The number of amides is 4. The molecule has 0 bridgehead atoms. The first kappa shape index (κ1) is 26.2. The number of carbonyl (C=O) groups excluding carboxylic acids is 5. The first-order valence-corrected chi connectivity index (χ1v) is 12.3. The summed E-state index contributed by atoms with van der Waals surface area (Å²) in [4.78, 5) is 68.9. The molecule has 2 N–H and O–H groups in total. The van der Waals surface area contributed by atoms with E-state index in [-0.39, 0.29) is 22.9 Å². The number of carbonyl (C=O) groups is 5. The molecule has 4 aromatic rings. The van der Waals surface area contributed by atoms with E-state index < -0.39 is 48.5 Å². The lowest BCUT2D eigenvalue weighted by molar-refractivity contribution is -0.128. The number of rotatable bonds is 8. The fraction of sp³-hybridized carbons (Fsp3) is 0.138. The van der Waals surface area contributed by atoms with Gasteiger partial charge in [-0.1, -0.05) is 24.3 Å². The van der Waals surface area contributed by atoms with Crippen LogP contribution in [0.1, 0.15) is 26.7 Å². The summed E-state index contributed by atoms with van der Waals surface area (Å²) in [6, 6.07) is 16.7. The molecule has 0 saturated heterocycles. The van der Waals surface area contributed by atoms with Gasteiger partial charge >= 0.3 is 6.03 Å². The number of hydrogen-bond donors (Lipinski definition) is 2. The van der Waals surface area contributed by atoms with Crippen molar-refractivity contribution in [3.63, 3.8) is 0 Å². The minimum Gasteiger partial charge on any atom is -0.461 e. The van der Waals surface area contributed by atoms with Crippen molar-refractivity contribution < 1.29 is 32.8 Å². The van der Waals surface area contributed by atoms with Crippen LogP contribution < -0.4 is 20.4 Å². The molecule has 0 fully saturated rings. The number of urea groups is 1. The zero-order valence-corrected chi connectivity index (χ0v) is 21.3. The van der Waals surface area contributed by atoms with Crippen molar-refractivity contribution in [1.29, 1.82) is 0 Å². The molecule has 40 heavy (non-hydrogen) atoms. The number of aryl methyl sites for hydroxylation is 1. The van der Waals surface area contributed by atoms with Crippen molar-refractivity contribution in [3.8, 4) is 0 Å². The average molecular weight is 541 g/mol. The molecule has 4 amide bonds. The Morgan fingerprint density at radius 3 is 1.77 bits per heavy atom. The van der Waals surface area contributed by atoms with E-state index in [0.717, 1.165) is 15.4 Å². The average Bonchev–Trinajstić information content (AvgIpc) is 3.67. The summed E-state index contributed by atoms with van der Waals surface area (Å²) in [5.74, 6) is -2.72. The largest absolute Gasteiger partial charge is 0.461 e. The van der Waals surface area contributed by atoms with E-state index in [4.69, 9.17) is 8.83 Å². The number of nitrogens with one attached hydrogen (secondary N) is 2. The number of anilines is 3. The van der Waals surface area contributed by atoms with E-state index in [1.165, 1.54) is 36.8 Å². The second-order valence-corrected chi connectivity index (χ2v) is 9.04. The minimum atomic E-state index is -1.76. The van der Waals surface area contributed by atoms with Crippen LogP contribution in [0.4, 0.5) is 21.9 Å². The van der Waals surface area contributed by atoms with Crippen molar-refractivity contribution >= 4 is 46.5 Å². The number of Topliss-reactive ketones (excluding diaryl/α,β-unsaturated/α-hetero) is 2. The van der Waals surface area contributed by atoms with Crippen LogP contribution in [0.15, 0.2) is 94.2 Å². The van der Waals surface area contributed by atoms with E-state index >= 15 is 0 Å². The smallest absolute Gasteiger partial charge is 0.320 e. The van der Waals surface area contributed by atoms with Crippen molar-refractivity contribution in [2.45, 2.75) is 13.0 Å². The number of benzene rings is 2. The Bertz CT molecular complexity index is 1490. The molecule has 202 valence electrons. The van der Waals surface area contributed by atoms with Crippen LogP contribution in [-0.2, 0) is 9.59 Å². The molecule has 0 atom stereocenters.